The Morgan fingerprint density at radius 1 is 0.968 bits per heavy atom. The maximum absolute atomic E-state index is 14.2. The number of hydrogen-bond donors (Lipinski definition) is 0. The molecule has 4 nitrogen and oxygen atoms in total. The Morgan fingerprint density at radius 2 is 1.71 bits per heavy atom. The molecule has 0 saturated carbocycles. The van der Waals surface area contributed by atoms with E-state index in [-0.39, 0.29) is 18.1 Å². The van der Waals surface area contributed by atoms with Crippen molar-refractivity contribution in [1.29, 1.82) is 0 Å². The van der Waals surface area contributed by atoms with Crippen LogP contribution in [0.1, 0.15) is 19.4 Å². The minimum atomic E-state index is -0.356. The average Bonchev–Trinajstić information content (AvgIpc) is 3.22. The Labute approximate surface area is 185 Å². The normalized spacial score (nSPS) is 11.5. The van der Waals surface area contributed by atoms with Gasteiger partial charge in [-0.15, -0.1) is 0 Å². The molecule has 0 radical (unpaired) electrons. The average molecular weight is 436 g/mol. The second-order valence-electron chi connectivity index (χ2n) is 7.47. The van der Waals surface area contributed by atoms with Crippen LogP contribution < -0.4 is 4.90 Å². The molecule has 4 aromatic rings. The molecule has 1 amide bonds. The predicted molar refractivity (Wildman–Crippen MR) is 127 cm³/mol. The van der Waals surface area contributed by atoms with Gasteiger partial charge in [0.25, 0.3) is 0 Å². The molecule has 4 rings (SSSR count). The van der Waals surface area contributed by atoms with Gasteiger partial charge in [0.2, 0.25) is 5.91 Å². The second kappa shape index (κ2) is 9.54. The molecule has 0 fully saturated rings. The lowest BCUT2D eigenvalue weighted by Crippen LogP contribution is -2.39. The fourth-order valence-electron chi connectivity index (χ4n) is 3.83. The molecule has 31 heavy (non-hydrogen) atoms. The van der Waals surface area contributed by atoms with Gasteiger partial charge in [-0.25, -0.2) is 9.37 Å². The summed E-state index contributed by atoms with van der Waals surface area (Å²) in [6, 6.07) is 19.1. The number of amides is 1. The molecule has 0 bridgehead atoms. The number of anilines is 1. The number of rotatable bonds is 8. The predicted octanol–water partition coefficient (Wildman–Crippen LogP) is 5.51. The number of benzene rings is 3. The monoisotopic (exact) mass is 435 g/mol. The van der Waals surface area contributed by atoms with Crippen molar-refractivity contribution in [2.75, 3.05) is 31.1 Å². The highest BCUT2D eigenvalue weighted by Gasteiger charge is 2.22. The van der Waals surface area contributed by atoms with Gasteiger partial charge in [0.05, 0.1) is 11.1 Å². The summed E-state index contributed by atoms with van der Waals surface area (Å²) in [7, 11) is 0. The maximum Gasteiger partial charge on any atom is 0.233 e. The minimum Gasteiger partial charge on any atom is -0.302 e. The van der Waals surface area contributed by atoms with Gasteiger partial charge in [-0.3, -0.25) is 9.69 Å². The zero-order chi connectivity index (χ0) is 21.8. The molecule has 0 saturated heterocycles. The van der Waals surface area contributed by atoms with Crippen molar-refractivity contribution >= 4 is 43.4 Å². The summed E-state index contributed by atoms with van der Waals surface area (Å²) in [5.74, 6) is -0.381. The molecule has 160 valence electrons. The molecule has 0 N–H and O–H groups in total. The lowest BCUT2D eigenvalue weighted by atomic mass is 10.0. The number of hydrogen-bond acceptors (Lipinski definition) is 4. The van der Waals surface area contributed by atoms with Gasteiger partial charge in [-0.05, 0) is 41.6 Å². The van der Waals surface area contributed by atoms with E-state index < -0.39 is 0 Å². The number of fused-ring (bicyclic) bond motifs is 2. The molecule has 0 aliphatic heterocycles. The number of halogens is 1. The van der Waals surface area contributed by atoms with Crippen LogP contribution in [0.25, 0.3) is 21.0 Å². The van der Waals surface area contributed by atoms with E-state index in [1.165, 1.54) is 17.4 Å². The van der Waals surface area contributed by atoms with Crippen molar-refractivity contribution in [2.24, 2.45) is 0 Å². The zero-order valence-electron chi connectivity index (χ0n) is 17.8. The van der Waals surface area contributed by atoms with Gasteiger partial charge >= 0.3 is 0 Å². The van der Waals surface area contributed by atoms with Crippen LogP contribution in [0.2, 0.25) is 0 Å². The van der Waals surface area contributed by atoms with Crippen LogP contribution in [0, 0.1) is 5.82 Å². The van der Waals surface area contributed by atoms with Crippen molar-refractivity contribution in [3.63, 3.8) is 0 Å². The highest BCUT2D eigenvalue weighted by Crippen LogP contribution is 2.31. The van der Waals surface area contributed by atoms with Gasteiger partial charge in [-0.1, -0.05) is 73.7 Å². The molecular weight excluding hydrogens is 409 g/mol. The summed E-state index contributed by atoms with van der Waals surface area (Å²) in [4.78, 5) is 22.0. The number of para-hydroxylation sites is 1. The summed E-state index contributed by atoms with van der Waals surface area (Å²) in [5.41, 5.74) is 1.32. The standard InChI is InChI=1S/C25H26FN3OS/c1-3-28(4-2)15-16-29(25-27-24-21(26)13-8-14-22(24)31-25)23(30)17-19-11-7-10-18-9-5-6-12-20(18)19/h5-14H,3-4,15-17H2,1-2H3. The zero-order valence-corrected chi connectivity index (χ0v) is 18.7. The molecule has 0 spiro atoms. The van der Waals surface area contributed by atoms with Crippen LogP contribution in [-0.2, 0) is 11.2 Å². The van der Waals surface area contributed by atoms with Crippen LogP contribution in [0.15, 0.2) is 60.7 Å². The lowest BCUT2D eigenvalue weighted by molar-refractivity contribution is -0.118. The molecule has 6 heteroatoms. The van der Waals surface area contributed by atoms with Crippen LogP contribution in [0.5, 0.6) is 0 Å². The number of carbonyl (C=O) groups is 1. The second-order valence-corrected chi connectivity index (χ2v) is 8.48. The first-order valence-corrected chi connectivity index (χ1v) is 11.5. The largest absolute Gasteiger partial charge is 0.302 e. The van der Waals surface area contributed by atoms with Crippen molar-refractivity contribution in [3.05, 3.63) is 72.0 Å². The first-order valence-electron chi connectivity index (χ1n) is 10.6. The molecule has 0 atom stereocenters. The number of carbonyl (C=O) groups excluding carboxylic acids is 1. The van der Waals surface area contributed by atoms with Crippen LogP contribution in [-0.4, -0.2) is 42.0 Å². The van der Waals surface area contributed by atoms with Crippen LogP contribution >= 0.6 is 11.3 Å². The first-order chi connectivity index (χ1) is 15.1. The minimum absolute atomic E-state index is 0.0250. The van der Waals surface area contributed by atoms with Gasteiger partial charge in [0.15, 0.2) is 5.13 Å². The van der Waals surface area contributed by atoms with Crippen molar-refractivity contribution < 1.29 is 9.18 Å². The molecule has 0 aliphatic carbocycles. The number of thiazole rings is 1. The SMILES string of the molecule is CCN(CC)CCN(C(=O)Cc1cccc2ccccc12)c1nc2c(F)cccc2s1. The third-order valence-corrected chi connectivity index (χ3v) is 6.69. The highest BCUT2D eigenvalue weighted by molar-refractivity contribution is 7.22. The Balaban J connectivity index is 1.67. The number of nitrogens with zero attached hydrogens (tertiary/aromatic N) is 3. The molecule has 0 unspecified atom stereocenters. The third-order valence-electron chi connectivity index (χ3n) is 5.65. The Bertz CT molecular complexity index is 1200. The smallest absolute Gasteiger partial charge is 0.233 e. The fourth-order valence-corrected chi connectivity index (χ4v) is 4.86. The molecule has 0 aliphatic rings. The van der Waals surface area contributed by atoms with E-state index in [0.717, 1.165) is 40.7 Å². The van der Waals surface area contributed by atoms with Gasteiger partial charge in [0, 0.05) is 13.1 Å². The van der Waals surface area contributed by atoms with E-state index in [1.54, 1.807) is 11.0 Å². The summed E-state index contributed by atoms with van der Waals surface area (Å²) in [6.45, 7) is 7.31. The summed E-state index contributed by atoms with van der Waals surface area (Å²) in [5, 5.41) is 2.75. The summed E-state index contributed by atoms with van der Waals surface area (Å²) < 4.78 is 15.0. The fraction of sp³-hybridized carbons (Fsp3) is 0.280. The summed E-state index contributed by atoms with van der Waals surface area (Å²) in [6.07, 6.45) is 0.276. The number of likely N-dealkylation sites (N-methyl/N-ethyl adjacent to an activating group) is 1. The number of aromatic nitrogens is 1. The van der Waals surface area contributed by atoms with Crippen molar-refractivity contribution in [1.82, 2.24) is 9.88 Å². The Kier molecular flexibility index (Phi) is 6.59. The first kappa shape index (κ1) is 21.4. The molecule has 1 heterocycles. The highest BCUT2D eigenvalue weighted by atomic mass is 32.1. The van der Waals surface area contributed by atoms with Crippen molar-refractivity contribution in [2.45, 2.75) is 20.3 Å². The van der Waals surface area contributed by atoms with Crippen LogP contribution in [0.3, 0.4) is 0 Å². The topological polar surface area (TPSA) is 36.4 Å². The van der Waals surface area contributed by atoms with Crippen molar-refractivity contribution in [3.8, 4) is 0 Å². The quantitative estimate of drug-likeness (QED) is 0.366. The summed E-state index contributed by atoms with van der Waals surface area (Å²) >= 11 is 1.36. The molecular formula is C25H26FN3OS. The van der Waals surface area contributed by atoms with E-state index >= 15 is 0 Å². The van der Waals surface area contributed by atoms with E-state index in [0.29, 0.717) is 17.2 Å². The van der Waals surface area contributed by atoms with E-state index in [4.69, 9.17) is 0 Å². The van der Waals surface area contributed by atoms with Crippen LogP contribution in [0.4, 0.5) is 9.52 Å². The maximum atomic E-state index is 14.2. The van der Waals surface area contributed by atoms with E-state index in [1.807, 2.05) is 36.4 Å². The molecule has 1 aromatic heterocycles. The van der Waals surface area contributed by atoms with Gasteiger partial charge in [0.1, 0.15) is 11.3 Å². The van der Waals surface area contributed by atoms with E-state index in [9.17, 15) is 9.18 Å². The third kappa shape index (κ3) is 4.60. The Hall–Kier alpha value is -2.83. The molecule has 3 aromatic carbocycles. The van der Waals surface area contributed by atoms with Gasteiger partial charge < -0.3 is 4.90 Å². The Morgan fingerprint density at radius 3 is 2.48 bits per heavy atom. The lowest BCUT2D eigenvalue weighted by Gasteiger charge is -2.25. The van der Waals surface area contributed by atoms with E-state index in [2.05, 4.69) is 35.9 Å². The van der Waals surface area contributed by atoms with Gasteiger partial charge in [-0.2, -0.15) is 0 Å².